The highest BCUT2D eigenvalue weighted by Crippen LogP contribution is 2.34. The number of nitrogens with one attached hydrogen (secondary N) is 2. The molecule has 0 bridgehead atoms. The second-order valence-corrected chi connectivity index (χ2v) is 9.47. The number of amides is 2. The van der Waals surface area contributed by atoms with Crippen molar-refractivity contribution in [3.63, 3.8) is 0 Å². The number of sulfonamides is 1. The van der Waals surface area contributed by atoms with Crippen molar-refractivity contribution in [3.05, 3.63) is 72.5 Å². The molecule has 0 fully saturated rings. The third-order valence-electron chi connectivity index (χ3n) is 4.95. The van der Waals surface area contributed by atoms with Gasteiger partial charge in [-0.15, -0.1) is 0 Å². The van der Waals surface area contributed by atoms with E-state index in [1.807, 2.05) is 0 Å². The molecule has 1 aliphatic rings. The number of carbonyl (C=O) groups is 2. The lowest BCUT2D eigenvalue weighted by Gasteiger charge is -2.25. The number of hydrogen-bond acceptors (Lipinski definition) is 6. The molecule has 182 valence electrons. The standard InChI is InChI=1S/C24H22FN3O6S/c1-16(29)26-18-5-3-6-19(13-18)27-24(30)15-28(20-7-2-4-17(25)12-20)35(31,32)21-8-9-22-23(14-21)34-11-10-33-22/h2-9,12-14H,10-11,15H2,1H3,(H,26,29)(H,27,30). The minimum atomic E-state index is -4.30. The lowest BCUT2D eigenvalue weighted by Crippen LogP contribution is -2.38. The first kappa shape index (κ1) is 24.0. The van der Waals surface area contributed by atoms with Crippen LogP contribution in [0.25, 0.3) is 0 Å². The average molecular weight is 500 g/mol. The van der Waals surface area contributed by atoms with Gasteiger partial charge < -0.3 is 20.1 Å². The second kappa shape index (κ2) is 10.0. The van der Waals surface area contributed by atoms with Gasteiger partial charge in [0.25, 0.3) is 10.0 Å². The molecule has 4 rings (SSSR count). The van der Waals surface area contributed by atoms with E-state index in [0.29, 0.717) is 23.7 Å². The van der Waals surface area contributed by atoms with Crippen LogP contribution in [0.4, 0.5) is 21.5 Å². The molecule has 9 nitrogen and oxygen atoms in total. The summed E-state index contributed by atoms with van der Waals surface area (Å²) in [5.74, 6) is -0.944. The minimum absolute atomic E-state index is 0.0259. The molecule has 0 saturated heterocycles. The Morgan fingerprint density at radius 1 is 0.914 bits per heavy atom. The molecule has 2 amide bonds. The fraction of sp³-hybridized carbons (Fsp3) is 0.167. The van der Waals surface area contributed by atoms with Gasteiger partial charge in [0.05, 0.1) is 10.6 Å². The van der Waals surface area contributed by atoms with Crippen LogP contribution in [0.3, 0.4) is 0 Å². The first-order valence-electron chi connectivity index (χ1n) is 10.6. The van der Waals surface area contributed by atoms with Crippen LogP contribution in [-0.2, 0) is 19.6 Å². The molecular formula is C24H22FN3O6S. The van der Waals surface area contributed by atoms with Crippen molar-refractivity contribution in [1.82, 2.24) is 0 Å². The van der Waals surface area contributed by atoms with Crippen LogP contribution < -0.4 is 24.4 Å². The van der Waals surface area contributed by atoms with Gasteiger partial charge in [-0.2, -0.15) is 0 Å². The molecule has 35 heavy (non-hydrogen) atoms. The number of halogens is 1. The molecule has 0 radical (unpaired) electrons. The number of rotatable bonds is 7. The lowest BCUT2D eigenvalue weighted by molar-refractivity contribution is -0.115. The Balaban J connectivity index is 1.64. The van der Waals surface area contributed by atoms with Gasteiger partial charge in [-0.05, 0) is 48.5 Å². The highest BCUT2D eigenvalue weighted by atomic mass is 32.2. The van der Waals surface area contributed by atoms with Gasteiger partial charge in [0.2, 0.25) is 11.8 Å². The van der Waals surface area contributed by atoms with Crippen molar-refractivity contribution in [2.75, 3.05) is 34.7 Å². The van der Waals surface area contributed by atoms with Crippen molar-refractivity contribution in [1.29, 1.82) is 0 Å². The zero-order valence-corrected chi connectivity index (χ0v) is 19.5. The monoisotopic (exact) mass is 499 g/mol. The SMILES string of the molecule is CC(=O)Nc1cccc(NC(=O)CN(c2cccc(F)c2)S(=O)(=O)c2ccc3c(c2)OCCO3)c1. The van der Waals surface area contributed by atoms with E-state index in [9.17, 15) is 22.4 Å². The molecular weight excluding hydrogens is 477 g/mol. The van der Waals surface area contributed by atoms with Crippen LogP contribution in [0.2, 0.25) is 0 Å². The van der Waals surface area contributed by atoms with Gasteiger partial charge >= 0.3 is 0 Å². The first-order valence-corrected chi connectivity index (χ1v) is 12.0. The molecule has 0 unspecified atom stereocenters. The average Bonchev–Trinajstić information content (AvgIpc) is 2.82. The van der Waals surface area contributed by atoms with E-state index in [1.54, 1.807) is 18.2 Å². The van der Waals surface area contributed by atoms with Crippen molar-refractivity contribution < 1.29 is 31.9 Å². The van der Waals surface area contributed by atoms with E-state index in [4.69, 9.17) is 9.47 Å². The third-order valence-corrected chi connectivity index (χ3v) is 6.72. The van der Waals surface area contributed by atoms with E-state index >= 15 is 0 Å². The molecule has 11 heteroatoms. The molecule has 0 spiro atoms. The summed E-state index contributed by atoms with van der Waals surface area (Å²) in [7, 11) is -4.30. The molecule has 3 aromatic carbocycles. The Hall–Kier alpha value is -4.12. The van der Waals surface area contributed by atoms with Gasteiger partial charge in [0.15, 0.2) is 11.5 Å². The fourth-order valence-corrected chi connectivity index (χ4v) is 4.90. The Morgan fingerprint density at radius 2 is 1.60 bits per heavy atom. The maximum absolute atomic E-state index is 14.0. The lowest BCUT2D eigenvalue weighted by atomic mass is 10.2. The van der Waals surface area contributed by atoms with Crippen molar-refractivity contribution >= 4 is 38.9 Å². The summed E-state index contributed by atoms with van der Waals surface area (Å²) in [6.07, 6.45) is 0. The second-order valence-electron chi connectivity index (χ2n) is 7.61. The van der Waals surface area contributed by atoms with Crippen molar-refractivity contribution in [2.45, 2.75) is 11.8 Å². The Morgan fingerprint density at radius 3 is 2.31 bits per heavy atom. The molecule has 1 heterocycles. The highest BCUT2D eigenvalue weighted by molar-refractivity contribution is 7.92. The molecule has 0 aromatic heterocycles. The summed E-state index contributed by atoms with van der Waals surface area (Å²) in [6, 6.07) is 15.4. The summed E-state index contributed by atoms with van der Waals surface area (Å²) in [6.45, 7) is 1.33. The number of anilines is 3. The van der Waals surface area contributed by atoms with Gasteiger partial charge in [0, 0.05) is 24.4 Å². The Kier molecular flexibility index (Phi) is 6.87. The van der Waals surface area contributed by atoms with Gasteiger partial charge in [-0.3, -0.25) is 13.9 Å². The highest BCUT2D eigenvalue weighted by Gasteiger charge is 2.29. The largest absolute Gasteiger partial charge is 0.486 e. The van der Waals surface area contributed by atoms with Crippen molar-refractivity contribution in [3.8, 4) is 11.5 Å². The van der Waals surface area contributed by atoms with E-state index in [2.05, 4.69) is 10.6 Å². The number of hydrogen-bond donors (Lipinski definition) is 2. The van der Waals surface area contributed by atoms with Crippen molar-refractivity contribution in [2.24, 2.45) is 0 Å². The van der Waals surface area contributed by atoms with E-state index in [1.165, 1.54) is 49.4 Å². The predicted molar refractivity (Wildman–Crippen MR) is 128 cm³/mol. The number of ether oxygens (including phenoxy) is 2. The van der Waals surface area contributed by atoms with Crippen LogP contribution in [0, 0.1) is 5.82 Å². The van der Waals surface area contributed by atoms with Crippen LogP contribution >= 0.6 is 0 Å². The zero-order valence-electron chi connectivity index (χ0n) is 18.7. The number of carbonyl (C=O) groups excluding carboxylic acids is 2. The summed E-state index contributed by atoms with van der Waals surface area (Å²) >= 11 is 0. The van der Waals surface area contributed by atoms with Crippen LogP contribution in [0.5, 0.6) is 11.5 Å². The van der Waals surface area contributed by atoms with Crippen LogP contribution in [0.15, 0.2) is 71.6 Å². The topological polar surface area (TPSA) is 114 Å². The number of nitrogens with zero attached hydrogens (tertiary/aromatic N) is 1. The zero-order chi connectivity index (χ0) is 25.0. The molecule has 2 N–H and O–H groups in total. The third kappa shape index (κ3) is 5.69. The maximum atomic E-state index is 14.0. The minimum Gasteiger partial charge on any atom is -0.486 e. The molecule has 3 aromatic rings. The number of fused-ring (bicyclic) bond motifs is 1. The van der Waals surface area contributed by atoms with Gasteiger partial charge in [-0.25, -0.2) is 12.8 Å². The Labute approximate surface area is 201 Å². The molecule has 0 atom stereocenters. The number of benzene rings is 3. The molecule has 0 aliphatic carbocycles. The Bertz CT molecular complexity index is 1380. The molecule has 1 aliphatic heterocycles. The van der Waals surface area contributed by atoms with Gasteiger partial charge in [0.1, 0.15) is 25.6 Å². The quantitative estimate of drug-likeness (QED) is 0.515. The van der Waals surface area contributed by atoms with Crippen LogP contribution in [-0.4, -0.2) is 40.0 Å². The summed E-state index contributed by atoms with van der Waals surface area (Å²) in [5.41, 5.74) is 0.778. The van der Waals surface area contributed by atoms with Gasteiger partial charge in [-0.1, -0.05) is 12.1 Å². The fourth-order valence-electron chi connectivity index (χ4n) is 3.47. The summed E-state index contributed by atoms with van der Waals surface area (Å²) in [4.78, 5) is 24.0. The summed E-state index contributed by atoms with van der Waals surface area (Å²) < 4.78 is 52.9. The smallest absolute Gasteiger partial charge is 0.264 e. The maximum Gasteiger partial charge on any atom is 0.264 e. The van der Waals surface area contributed by atoms with E-state index in [0.717, 1.165) is 10.4 Å². The molecule has 0 saturated carbocycles. The normalized spacial score (nSPS) is 12.5. The van der Waals surface area contributed by atoms with E-state index < -0.39 is 28.3 Å². The predicted octanol–water partition coefficient (Wildman–Crippen LogP) is 3.39. The first-order chi connectivity index (χ1) is 16.7. The van der Waals surface area contributed by atoms with Crippen LogP contribution in [0.1, 0.15) is 6.92 Å². The summed E-state index contributed by atoms with van der Waals surface area (Å²) in [5, 5.41) is 5.21. The van der Waals surface area contributed by atoms with E-state index in [-0.39, 0.29) is 28.8 Å².